The molecule has 1 aliphatic rings. The van der Waals surface area contributed by atoms with Crippen LogP contribution in [0.15, 0.2) is 243 Å². The molecule has 1 unspecified atom stereocenters. The summed E-state index contributed by atoms with van der Waals surface area (Å²) in [6, 6.07) is 89.2. The highest BCUT2D eigenvalue weighted by Gasteiger charge is 2.42. The van der Waals surface area contributed by atoms with Crippen molar-refractivity contribution in [2.24, 2.45) is 0 Å². The monoisotopic (exact) mass is 801 g/mol. The molecule has 0 bridgehead atoms. The summed E-state index contributed by atoms with van der Waals surface area (Å²) < 4.78 is 0. The van der Waals surface area contributed by atoms with Gasteiger partial charge in [-0.3, -0.25) is 0 Å². The fraction of sp³-hybridized carbons (Fsp3) is 0.0323. The first kappa shape index (κ1) is 36.8. The molecule has 1 atom stereocenters. The standard InChI is InChI=1S/C62H43N/c1-62(58-28-12-19-44-16-4-7-22-55(44)58)59-27-9-8-23-57(59)61-56(26-13-29-60(61)62)47-34-40-50(41-35-47)63(48-36-30-45(31-37-48)53-24-10-17-42-14-2-5-20-51(42)53)49-38-32-46(33-39-49)54-25-11-18-43-15-3-6-21-52(43)54/h2-41H,1H3. The molecular weight excluding hydrogens is 759 g/mol. The molecule has 0 heterocycles. The van der Waals surface area contributed by atoms with E-state index in [1.165, 1.54) is 93.5 Å². The highest BCUT2D eigenvalue weighted by Crippen LogP contribution is 2.56. The van der Waals surface area contributed by atoms with Crippen molar-refractivity contribution >= 4 is 49.4 Å². The molecule has 0 radical (unpaired) electrons. The zero-order valence-corrected chi connectivity index (χ0v) is 35.0. The van der Waals surface area contributed by atoms with Crippen LogP contribution in [0.25, 0.3) is 76.8 Å². The van der Waals surface area contributed by atoms with Gasteiger partial charge in [-0.05, 0) is 137 Å². The third-order valence-corrected chi connectivity index (χ3v) is 13.6. The van der Waals surface area contributed by atoms with Crippen LogP contribution in [0.3, 0.4) is 0 Å². The van der Waals surface area contributed by atoms with Crippen LogP contribution >= 0.6 is 0 Å². The minimum Gasteiger partial charge on any atom is -0.311 e. The molecule has 1 nitrogen and oxygen atoms in total. The van der Waals surface area contributed by atoms with E-state index in [-0.39, 0.29) is 5.41 Å². The second-order valence-corrected chi connectivity index (χ2v) is 17.0. The quantitative estimate of drug-likeness (QED) is 0.155. The smallest absolute Gasteiger partial charge is 0.0462 e. The van der Waals surface area contributed by atoms with Crippen molar-refractivity contribution in [2.45, 2.75) is 12.3 Å². The van der Waals surface area contributed by atoms with Crippen LogP contribution in [0.1, 0.15) is 23.6 Å². The van der Waals surface area contributed by atoms with Gasteiger partial charge in [0.05, 0.1) is 0 Å². The molecule has 0 N–H and O–H groups in total. The summed E-state index contributed by atoms with van der Waals surface area (Å²) in [7, 11) is 0. The van der Waals surface area contributed by atoms with E-state index in [4.69, 9.17) is 0 Å². The third kappa shape index (κ3) is 6.00. The molecule has 0 saturated heterocycles. The van der Waals surface area contributed by atoms with E-state index >= 15 is 0 Å². The SMILES string of the molecule is CC1(c2cccc3ccccc23)c2ccccc2-c2c(-c3ccc(N(c4ccc(-c5cccc6ccccc56)cc4)c4ccc(-c5cccc6ccccc56)cc4)cc3)cccc21. The summed E-state index contributed by atoms with van der Waals surface area (Å²) >= 11 is 0. The van der Waals surface area contributed by atoms with E-state index in [2.05, 4.69) is 254 Å². The summed E-state index contributed by atoms with van der Waals surface area (Å²) in [5.41, 5.74) is 17.0. The number of benzene rings is 11. The topological polar surface area (TPSA) is 3.24 Å². The summed E-state index contributed by atoms with van der Waals surface area (Å²) in [6.07, 6.45) is 0. The van der Waals surface area contributed by atoms with Gasteiger partial charge in [0.1, 0.15) is 0 Å². The van der Waals surface area contributed by atoms with Crippen molar-refractivity contribution in [3.8, 4) is 44.5 Å². The highest BCUT2D eigenvalue weighted by molar-refractivity contribution is 6.00. The Bertz CT molecular complexity index is 3370. The number of hydrogen-bond donors (Lipinski definition) is 0. The summed E-state index contributed by atoms with van der Waals surface area (Å²) in [6.45, 7) is 2.42. The number of rotatable bonds is 7. The molecule has 0 aromatic heterocycles. The van der Waals surface area contributed by atoms with E-state index in [9.17, 15) is 0 Å². The second-order valence-electron chi connectivity index (χ2n) is 17.0. The zero-order chi connectivity index (χ0) is 41.9. The van der Waals surface area contributed by atoms with Crippen molar-refractivity contribution in [1.29, 1.82) is 0 Å². The Labute approximate surface area is 368 Å². The normalized spacial score (nSPS) is 14.2. The molecule has 1 aliphatic carbocycles. The molecule has 0 fully saturated rings. The van der Waals surface area contributed by atoms with Crippen LogP contribution in [0, 0.1) is 0 Å². The average molecular weight is 802 g/mol. The lowest BCUT2D eigenvalue weighted by Crippen LogP contribution is -2.22. The van der Waals surface area contributed by atoms with Gasteiger partial charge in [-0.15, -0.1) is 0 Å². The van der Waals surface area contributed by atoms with Gasteiger partial charge in [-0.2, -0.15) is 0 Å². The van der Waals surface area contributed by atoms with Crippen LogP contribution in [0.5, 0.6) is 0 Å². The predicted molar refractivity (Wildman–Crippen MR) is 267 cm³/mol. The fourth-order valence-electron chi connectivity index (χ4n) is 10.5. The Morgan fingerprint density at radius 3 is 1.17 bits per heavy atom. The van der Waals surface area contributed by atoms with Crippen molar-refractivity contribution in [3.05, 3.63) is 259 Å². The second kappa shape index (κ2) is 14.9. The van der Waals surface area contributed by atoms with Crippen molar-refractivity contribution in [3.63, 3.8) is 0 Å². The molecular formula is C62H43N. The number of anilines is 3. The Hall–Kier alpha value is -8.00. The highest BCUT2D eigenvalue weighted by atomic mass is 15.1. The molecule has 12 rings (SSSR count). The maximum Gasteiger partial charge on any atom is 0.0462 e. The molecule has 11 aromatic carbocycles. The first-order chi connectivity index (χ1) is 31.1. The van der Waals surface area contributed by atoms with Crippen molar-refractivity contribution in [2.75, 3.05) is 4.90 Å². The number of nitrogens with zero attached hydrogens (tertiary/aromatic N) is 1. The minimum atomic E-state index is -0.310. The first-order valence-corrected chi connectivity index (χ1v) is 21.9. The van der Waals surface area contributed by atoms with Crippen LogP contribution < -0.4 is 4.90 Å². The van der Waals surface area contributed by atoms with Gasteiger partial charge in [0.25, 0.3) is 0 Å². The Balaban J connectivity index is 0.964. The van der Waals surface area contributed by atoms with Crippen LogP contribution in [0.2, 0.25) is 0 Å². The lowest BCUT2D eigenvalue weighted by molar-refractivity contribution is 0.721. The number of fused-ring (bicyclic) bond motifs is 6. The molecule has 11 aromatic rings. The predicted octanol–water partition coefficient (Wildman–Crippen LogP) is 17.0. The largest absolute Gasteiger partial charge is 0.311 e. The van der Waals surface area contributed by atoms with Gasteiger partial charge < -0.3 is 4.90 Å². The molecule has 0 saturated carbocycles. The zero-order valence-electron chi connectivity index (χ0n) is 35.0. The summed E-state index contributed by atoms with van der Waals surface area (Å²) in [5.74, 6) is 0. The van der Waals surface area contributed by atoms with Crippen molar-refractivity contribution in [1.82, 2.24) is 0 Å². The van der Waals surface area contributed by atoms with Gasteiger partial charge in [0.2, 0.25) is 0 Å². The van der Waals surface area contributed by atoms with Gasteiger partial charge in [0, 0.05) is 22.5 Å². The Morgan fingerprint density at radius 2 is 0.619 bits per heavy atom. The summed E-state index contributed by atoms with van der Waals surface area (Å²) in [4.78, 5) is 2.38. The summed E-state index contributed by atoms with van der Waals surface area (Å²) in [5, 5.41) is 7.59. The first-order valence-electron chi connectivity index (χ1n) is 21.9. The lowest BCUT2D eigenvalue weighted by Gasteiger charge is -2.30. The number of hydrogen-bond acceptors (Lipinski definition) is 1. The van der Waals surface area contributed by atoms with E-state index in [1.807, 2.05) is 0 Å². The Morgan fingerprint density at radius 1 is 0.270 bits per heavy atom. The van der Waals surface area contributed by atoms with Crippen molar-refractivity contribution < 1.29 is 0 Å². The van der Waals surface area contributed by atoms with Gasteiger partial charge in [0.15, 0.2) is 0 Å². The maximum absolute atomic E-state index is 2.42. The van der Waals surface area contributed by atoms with Crippen LogP contribution in [-0.2, 0) is 5.41 Å². The Kier molecular flexibility index (Phi) is 8.69. The minimum absolute atomic E-state index is 0.310. The third-order valence-electron chi connectivity index (χ3n) is 13.6. The lowest BCUT2D eigenvalue weighted by atomic mass is 9.72. The molecule has 0 spiro atoms. The maximum atomic E-state index is 2.42. The fourth-order valence-corrected chi connectivity index (χ4v) is 10.5. The van der Waals surface area contributed by atoms with Gasteiger partial charge in [-0.25, -0.2) is 0 Å². The molecule has 296 valence electrons. The van der Waals surface area contributed by atoms with E-state index < -0.39 is 0 Å². The van der Waals surface area contributed by atoms with E-state index in [0.717, 1.165) is 17.1 Å². The van der Waals surface area contributed by atoms with Crippen LogP contribution in [-0.4, -0.2) is 0 Å². The molecule has 0 aliphatic heterocycles. The average Bonchev–Trinajstić information content (AvgIpc) is 3.62. The molecule has 63 heavy (non-hydrogen) atoms. The van der Waals surface area contributed by atoms with Crippen LogP contribution in [0.4, 0.5) is 17.1 Å². The van der Waals surface area contributed by atoms with Gasteiger partial charge >= 0.3 is 0 Å². The van der Waals surface area contributed by atoms with Gasteiger partial charge in [-0.1, -0.05) is 206 Å². The molecule has 1 heteroatoms. The van der Waals surface area contributed by atoms with E-state index in [1.54, 1.807) is 0 Å². The molecule has 0 amide bonds. The van der Waals surface area contributed by atoms with E-state index in [0.29, 0.717) is 0 Å².